The van der Waals surface area contributed by atoms with Crippen LogP contribution in [0.1, 0.15) is 17.2 Å². The van der Waals surface area contributed by atoms with Gasteiger partial charge in [-0.05, 0) is 54.1 Å². The van der Waals surface area contributed by atoms with Crippen LogP contribution in [0, 0.1) is 5.82 Å². The number of aliphatic hydroxyl groups is 1. The summed E-state index contributed by atoms with van der Waals surface area (Å²) in [5.41, 5.74) is 2.31. The van der Waals surface area contributed by atoms with Crippen molar-refractivity contribution in [2.45, 2.75) is 6.04 Å². The molecule has 1 atom stereocenters. The van der Waals surface area contributed by atoms with E-state index in [0.29, 0.717) is 28.3 Å². The lowest BCUT2D eigenvalue weighted by atomic mass is 9.95. The molecule has 4 aromatic rings. The molecule has 1 N–H and O–H groups in total. The number of halogens is 1. The zero-order chi connectivity index (χ0) is 24.5. The number of Topliss-reactive ketones (excluding diaryl/α,β-unsaturated/α-hetero) is 1. The van der Waals surface area contributed by atoms with Crippen LogP contribution in [0.4, 0.5) is 10.1 Å². The fourth-order valence-electron chi connectivity index (χ4n) is 4.15. The van der Waals surface area contributed by atoms with Gasteiger partial charge in [0.05, 0.1) is 18.7 Å². The number of anilines is 1. The van der Waals surface area contributed by atoms with E-state index in [1.807, 2.05) is 0 Å². The second-order valence-corrected chi connectivity index (χ2v) is 7.88. The highest BCUT2D eigenvalue weighted by molar-refractivity contribution is 6.51. The smallest absolute Gasteiger partial charge is 0.300 e. The molecule has 0 radical (unpaired) electrons. The molecule has 8 heteroatoms. The van der Waals surface area contributed by atoms with Crippen LogP contribution in [0.5, 0.6) is 5.75 Å². The van der Waals surface area contributed by atoms with Crippen molar-refractivity contribution in [3.63, 3.8) is 0 Å². The largest absolute Gasteiger partial charge is 0.507 e. The molecule has 1 saturated heterocycles. The van der Waals surface area contributed by atoms with Gasteiger partial charge in [0.2, 0.25) is 0 Å². The highest BCUT2D eigenvalue weighted by Gasteiger charge is 2.47. The van der Waals surface area contributed by atoms with E-state index >= 15 is 0 Å². The van der Waals surface area contributed by atoms with Crippen molar-refractivity contribution >= 4 is 23.1 Å². The molecule has 1 unspecified atom stereocenters. The maximum absolute atomic E-state index is 14.2. The number of rotatable bonds is 5. The molecular weight excluding hydrogens is 451 g/mol. The van der Waals surface area contributed by atoms with E-state index in [1.54, 1.807) is 60.7 Å². The van der Waals surface area contributed by atoms with Crippen molar-refractivity contribution in [3.05, 3.63) is 108 Å². The number of amides is 1. The number of hydrogen-bond acceptors (Lipinski definition) is 6. The summed E-state index contributed by atoms with van der Waals surface area (Å²) in [7, 11) is 1.51. The maximum atomic E-state index is 14.2. The molecule has 0 saturated carbocycles. The lowest BCUT2D eigenvalue weighted by molar-refractivity contribution is -0.132. The van der Waals surface area contributed by atoms with E-state index in [9.17, 15) is 19.1 Å². The van der Waals surface area contributed by atoms with E-state index in [0.717, 1.165) is 5.56 Å². The molecular formula is C27H19FN2O5. The number of carbonyl (C=O) groups is 2. The van der Waals surface area contributed by atoms with Gasteiger partial charge in [-0.2, -0.15) is 0 Å². The van der Waals surface area contributed by atoms with Crippen LogP contribution in [-0.4, -0.2) is 29.1 Å². The predicted octanol–water partition coefficient (Wildman–Crippen LogP) is 5.12. The quantitative estimate of drug-likeness (QED) is 0.247. The summed E-state index contributed by atoms with van der Waals surface area (Å²) in [5, 5.41) is 15.0. The first-order valence-electron chi connectivity index (χ1n) is 10.7. The van der Waals surface area contributed by atoms with E-state index in [2.05, 4.69) is 5.16 Å². The van der Waals surface area contributed by atoms with E-state index in [4.69, 9.17) is 9.26 Å². The van der Waals surface area contributed by atoms with Crippen LogP contribution in [0.2, 0.25) is 0 Å². The molecule has 7 nitrogen and oxygen atoms in total. The number of benzene rings is 3. The minimum absolute atomic E-state index is 0.133. The molecule has 174 valence electrons. The van der Waals surface area contributed by atoms with E-state index in [1.165, 1.54) is 36.5 Å². The third kappa shape index (κ3) is 3.95. The lowest BCUT2D eigenvalue weighted by Crippen LogP contribution is -2.29. The summed E-state index contributed by atoms with van der Waals surface area (Å²) < 4.78 is 24.2. The summed E-state index contributed by atoms with van der Waals surface area (Å²) in [5.74, 6) is -2.02. The number of methoxy groups -OCH3 is 1. The van der Waals surface area contributed by atoms with Crippen molar-refractivity contribution in [3.8, 4) is 17.0 Å². The first-order valence-corrected chi connectivity index (χ1v) is 10.7. The number of nitrogens with zero attached hydrogens (tertiary/aromatic N) is 2. The summed E-state index contributed by atoms with van der Waals surface area (Å²) >= 11 is 0. The summed E-state index contributed by atoms with van der Waals surface area (Å²) in [6.07, 6.45) is 1.45. The molecule has 35 heavy (non-hydrogen) atoms. The normalized spacial score (nSPS) is 17.1. The molecule has 1 aliphatic rings. The predicted molar refractivity (Wildman–Crippen MR) is 126 cm³/mol. The number of aliphatic hydroxyl groups excluding tert-OH is 1. The Bertz CT molecular complexity index is 1430. The van der Waals surface area contributed by atoms with Gasteiger partial charge >= 0.3 is 0 Å². The van der Waals surface area contributed by atoms with Crippen molar-refractivity contribution < 1.29 is 28.3 Å². The number of ketones is 1. The standard InChI is InChI=1S/C27H19FN2O5/c1-34-21-11-7-17(8-12-21)25(31)23-24(18-3-2-4-19(28)15-18)30(27(33)26(23)32)20-9-5-16(6-10-20)22-13-14-35-29-22/h2-15,24,31H,1H3/b25-23-. The molecule has 1 amide bonds. The fraction of sp³-hybridized carbons (Fsp3) is 0.0741. The van der Waals surface area contributed by atoms with Crippen molar-refractivity contribution in [2.75, 3.05) is 12.0 Å². The van der Waals surface area contributed by atoms with Gasteiger partial charge in [0, 0.05) is 22.9 Å². The average Bonchev–Trinajstić information content (AvgIpc) is 3.51. The Balaban J connectivity index is 1.65. The molecule has 3 aromatic carbocycles. The lowest BCUT2D eigenvalue weighted by Gasteiger charge is -2.25. The summed E-state index contributed by atoms with van der Waals surface area (Å²) in [6, 6.07) is 19.5. The Morgan fingerprint density at radius 3 is 2.40 bits per heavy atom. The van der Waals surface area contributed by atoms with Gasteiger partial charge in [0.25, 0.3) is 11.7 Å². The Morgan fingerprint density at radius 1 is 1.03 bits per heavy atom. The molecule has 0 bridgehead atoms. The number of ether oxygens (including phenoxy) is 1. The Kier molecular flexibility index (Phi) is 5.62. The second kappa shape index (κ2) is 8.90. The summed E-state index contributed by atoms with van der Waals surface area (Å²) in [4.78, 5) is 27.7. The Morgan fingerprint density at radius 2 is 1.77 bits per heavy atom. The zero-order valence-corrected chi connectivity index (χ0v) is 18.5. The van der Waals surface area contributed by atoms with E-state index < -0.39 is 23.5 Å². The zero-order valence-electron chi connectivity index (χ0n) is 18.5. The van der Waals surface area contributed by atoms with Gasteiger partial charge in [0.1, 0.15) is 29.3 Å². The molecule has 2 heterocycles. The van der Waals surface area contributed by atoms with Gasteiger partial charge in [-0.25, -0.2) is 4.39 Å². The van der Waals surface area contributed by atoms with Crippen LogP contribution in [-0.2, 0) is 9.59 Å². The van der Waals surface area contributed by atoms with Crippen LogP contribution in [0.15, 0.2) is 95.2 Å². The van der Waals surface area contributed by atoms with Crippen molar-refractivity contribution in [1.29, 1.82) is 0 Å². The number of hydrogen-bond donors (Lipinski definition) is 1. The number of aromatic nitrogens is 1. The van der Waals surface area contributed by atoms with Crippen molar-refractivity contribution in [1.82, 2.24) is 5.16 Å². The highest BCUT2D eigenvalue weighted by atomic mass is 19.1. The molecule has 1 aliphatic heterocycles. The third-order valence-corrected chi connectivity index (χ3v) is 5.85. The monoisotopic (exact) mass is 470 g/mol. The highest BCUT2D eigenvalue weighted by Crippen LogP contribution is 2.42. The Hall–Kier alpha value is -4.72. The molecule has 5 rings (SSSR count). The van der Waals surface area contributed by atoms with Gasteiger partial charge in [0.15, 0.2) is 0 Å². The molecule has 0 spiro atoms. The van der Waals surface area contributed by atoms with Gasteiger partial charge in [-0.3, -0.25) is 14.5 Å². The minimum Gasteiger partial charge on any atom is -0.507 e. The van der Waals surface area contributed by atoms with Gasteiger partial charge in [-0.15, -0.1) is 0 Å². The van der Waals surface area contributed by atoms with E-state index in [-0.39, 0.29) is 11.3 Å². The van der Waals surface area contributed by atoms with Crippen LogP contribution in [0.3, 0.4) is 0 Å². The van der Waals surface area contributed by atoms with Crippen LogP contribution >= 0.6 is 0 Å². The SMILES string of the molecule is COc1ccc(/C(O)=C2/C(=O)C(=O)N(c3ccc(-c4ccon4)cc3)C2c2cccc(F)c2)cc1. The topological polar surface area (TPSA) is 92.9 Å². The second-order valence-electron chi connectivity index (χ2n) is 7.88. The van der Waals surface area contributed by atoms with Crippen LogP contribution in [0.25, 0.3) is 17.0 Å². The Labute approximate surface area is 199 Å². The average molecular weight is 470 g/mol. The maximum Gasteiger partial charge on any atom is 0.300 e. The first-order chi connectivity index (χ1) is 17.0. The molecule has 1 aromatic heterocycles. The van der Waals surface area contributed by atoms with Crippen molar-refractivity contribution in [2.24, 2.45) is 0 Å². The first kappa shape index (κ1) is 22.1. The summed E-state index contributed by atoms with van der Waals surface area (Å²) in [6.45, 7) is 0. The van der Waals surface area contributed by atoms with Gasteiger partial charge < -0.3 is 14.4 Å². The fourth-order valence-corrected chi connectivity index (χ4v) is 4.15. The minimum atomic E-state index is -1.04. The van der Waals surface area contributed by atoms with Gasteiger partial charge in [-0.1, -0.05) is 29.4 Å². The molecule has 0 aliphatic carbocycles. The molecule has 1 fully saturated rings. The third-order valence-electron chi connectivity index (χ3n) is 5.85. The van der Waals surface area contributed by atoms with Crippen LogP contribution < -0.4 is 9.64 Å². The number of carbonyl (C=O) groups excluding carboxylic acids is 2.